The molecule has 0 fully saturated rings. The summed E-state index contributed by atoms with van der Waals surface area (Å²) in [7, 11) is 5.33. The van der Waals surface area contributed by atoms with Crippen molar-refractivity contribution in [2.75, 3.05) is 21.3 Å². The Balaban J connectivity index is 2.22. The van der Waals surface area contributed by atoms with Gasteiger partial charge < -0.3 is 14.8 Å². The van der Waals surface area contributed by atoms with E-state index in [4.69, 9.17) is 9.47 Å². The van der Waals surface area contributed by atoms with Gasteiger partial charge in [-0.3, -0.25) is 0 Å². The molecule has 0 aliphatic carbocycles. The van der Waals surface area contributed by atoms with Crippen LogP contribution in [0.25, 0.3) is 0 Å². The maximum absolute atomic E-state index is 5.36. The molecule has 0 saturated heterocycles. The van der Waals surface area contributed by atoms with Gasteiger partial charge >= 0.3 is 0 Å². The molecule has 1 N–H and O–H groups in total. The van der Waals surface area contributed by atoms with E-state index in [9.17, 15) is 0 Å². The molecule has 1 atom stereocenters. The Morgan fingerprint density at radius 2 is 1.90 bits per heavy atom. The Morgan fingerprint density at radius 3 is 2.45 bits per heavy atom. The lowest BCUT2D eigenvalue weighted by Gasteiger charge is -2.17. The lowest BCUT2D eigenvalue weighted by Crippen LogP contribution is -2.18. The summed E-state index contributed by atoms with van der Waals surface area (Å²) in [6.07, 6.45) is 0.929. The van der Waals surface area contributed by atoms with Gasteiger partial charge in [-0.25, -0.2) is 0 Å². The molecule has 1 unspecified atom stereocenters. The minimum Gasteiger partial charge on any atom is -0.493 e. The standard InChI is InChI=1S/C16H21NO2S/c1-11-7-8-20-16(11)13(17-2)9-12-5-6-14(18-3)15(10-12)19-4/h5-8,10,13,17H,9H2,1-4H3. The van der Waals surface area contributed by atoms with Gasteiger partial charge in [-0.2, -0.15) is 0 Å². The van der Waals surface area contributed by atoms with Crippen molar-refractivity contribution in [3.63, 3.8) is 0 Å². The van der Waals surface area contributed by atoms with Crippen LogP contribution in [0.2, 0.25) is 0 Å². The lowest BCUT2D eigenvalue weighted by atomic mass is 10.0. The number of methoxy groups -OCH3 is 2. The van der Waals surface area contributed by atoms with Crippen LogP contribution in [0.4, 0.5) is 0 Å². The second kappa shape index (κ2) is 6.77. The molecule has 0 spiro atoms. The lowest BCUT2D eigenvalue weighted by molar-refractivity contribution is 0.354. The molecule has 3 nitrogen and oxygen atoms in total. The second-order valence-electron chi connectivity index (χ2n) is 4.70. The fourth-order valence-corrected chi connectivity index (χ4v) is 3.35. The van der Waals surface area contributed by atoms with Gasteiger partial charge in [0.05, 0.1) is 14.2 Å². The minimum absolute atomic E-state index is 0.327. The van der Waals surface area contributed by atoms with Crippen LogP contribution in [0.15, 0.2) is 29.6 Å². The first-order valence-electron chi connectivity index (χ1n) is 6.61. The number of thiophene rings is 1. The highest BCUT2D eigenvalue weighted by Gasteiger charge is 2.15. The van der Waals surface area contributed by atoms with E-state index >= 15 is 0 Å². The molecule has 0 radical (unpaired) electrons. The van der Waals surface area contributed by atoms with Crippen LogP contribution in [-0.2, 0) is 6.42 Å². The summed E-state index contributed by atoms with van der Waals surface area (Å²) in [6, 6.07) is 8.59. The van der Waals surface area contributed by atoms with E-state index in [1.807, 2.05) is 19.2 Å². The van der Waals surface area contributed by atoms with Crippen molar-refractivity contribution in [3.8, 4) is 11.5 Å². The first-order chi connectivity index (χ1) is 9.69. The van der Waals surface area contributed by atoms with Crippen molar-refractivity contribution in [1.29, 1.82) is 0 Å². The number of aryl methyl sites for hydroxylation is 1. The average Bonchev–Trinajstić information content (AvgIpc) is 2.90. The molecule has 4 heteroatoms. The number of hydrogen-bond donors (Lipinski definition) is 1. The Bertz CT molecular complexity index is 565. The zero-order chi connectivity index (χ0) is 14.5. The summed E-state index contributed by atoms with van der Waals surface area (Å²) in [5, 5.41) is 5.54. The molecular weight excluding hydrogens is 270 g/mol. The van der Waals surface area contributed by atoms with Gasteiger partial charge in [0.1, 0.15) is 0 Å². The molecule has 20 heavy (non-hydrogen) atoms. The van der Waals surface area contributed by atoms with Crippen molar-refractivity contribution in [1.82, 2.24) is 5.32 Å². The third kappa shape index (κ3) is 3.14. The van der Waals surface area contributed by atoms with Crippen LogP contribution in [0.1, 0.15) is 22.0 Å². The van der Waals surface area contributed by atoms with Crippen molar-refractivity contribution < 1.29 is 9.47 Å². The number of nitrogens with one attached hydrogen (secondary N) is 1. The molecule has 1 heterocycles. The summed E-state index contributed by atoms with van der Waals surface area (Å²) in [5.74, 6) is 1.55. The van der Waals surface area contributed by atoms with Gasteiger partial charge in [-0.05, 0) is 55.1 Å². The van der Waals surface area contributed by atoms with Gasteiger partial charge in [0.15, 0.2) is 11.5 Å². The predicted octanol–water partition coefficient (Wildman–Crippen LogP) is 3.58. The molecule has 0 bridgehead atoms. The second-order valence-corrected chi connectivity index (χ2v) is 5.65. The fourth-order valence-electron chi connectivity index (χ4n) is 2.31. The minimum atomic E-state index is 0.327. The van der Waals surface area contributed by atoms with Crippen molar-refractivity contribution in [3.05, 3.63) is 45.6 Å². The largest absolute Gasteiger partial charge is 0.493 e. The van der Waals surface area contributed by atoms with Gasteiger partial charge in [-0.15, -0.1) is 11.3 Å². The van der Waals surface area contributed by atoms with Crippen LogP contribution in [-0.4, -0.2) is 21.3 Å². The van der Waals surface area contributed by atoms with Crippen LogP contribution in [0.3, 0.4) is 0 Å². The zero-order valence-electron chi connectivity index (χ0n) is 12.4. The van der Waals surface area contributed by atoms with E-state index in [0.717, 1.165) is 17.9 Å². The average molecular weight is 291 g/mol. The van der Waals surface area contributed by atoms with Crippen molar-refractivity contribution >= 4 is 11.3 Å². The Labute approximate surface area is 124 Å². The first-order valence-corrected chi connectivity index (χ1v) is 7.49. The summed E-state index contributed by atoms with van der Waals surface area (Å²) < 4.78 is 10.6. The predicted molar refractivity (Wildman–Crippen MR) is 84.1 cm³/mol. The highest BCUT2D eigenvalue weighted by molar-refractivity contribution is 7.10. The molecule has 0 aliphatic rings. The third-order valence-electron chi connectivity index (χ3n) is 3.45. The van der Waals surface area contributed by atoms with Crippen molar-refractivity contribution in [2.45, 2.75) is 19.4 Å². The number of hydrogen-bond acceptors (Lipinski definition) is 4. The molecule has 0 saturated carbocycles. The normalized spacial score (nSPS) is 12.2. The molecular formula is C16H21NO2S. The van der Waals surface area contributed by atoms with E-state index < -0.39 is 0 Å². The highest BCUT2D eigenvalue weighted by Crippen LogP contribution is 2.31. The SMILES string of the molecule is CNC(Cc1ccc(OC)c(OC)c1)c1sccc1C. The quantitative estimate of drug-likeness (QED) is 0.882. The number of ether oxygens (including phenoxy) is 2. The first kappa shape index (κ1) is 14.9. The number of rotatable bonds is 6. The van der Waals surface area contributed by atoms with Gasteiger partial charge in [0, 0.05) is 10.9 Å². The number of likely N-dealkylation sites (N-methyl/N-ethyl adjacent to an activating group) is 1. The molecule has 1 aromatic carbocycles. The molecule has 0 aliphatic heterocycles. The van der Waals surface area contributed by atoms with Gasteiger partial charge in [0.25, 0.3) is 0 Å². The monoisotopic (exact) mass is 291 g/mol. The summed E-state index contributed by atoms with van der Waals surface area (Å²) in [4.78, 5) is 1.39. The summed E-state index contributed by atoms with van der Waals surface area (Å²) in [5.41, 5.74) is 2.57. The van der Waals surface area contributed by atoms with E-state index in [-0.39, 0.29) is 0 Å². The van der Waals surface area contributed by atoms with Crippen LogP contribution in [0, 0.1) is 6.92 Å². The smallest absolute Gasteiger partial charge is 0.160 e. The molecule has 2 rings (SSSR count). The highest BCUT2D eigenvalue weighted by atomic mass is 32.1. The molecule has 108 valence electrons. The van der Waals surface area contributed by atoms with Gasteiger partial charge in [-0.1, -0.05) is 6.07 Å². The molecule has 2 aromatic rings. The van der Waals surface area contributed by atoms with Crippen molar-refractivity contribution in [2.24, 2.45) is 0 Å². The van der Waals surface area contributed by atoms with Crippen LogP contribution >= 0.6 is 11.3 Å². The van der Waals surface area contributed by atoms with Crippen LogP contribution in [0.5, 0.6) is 11.5 Å². The summed E-state index contributed by atoms with van der Waals surface area (Å²) in [6.45, 7) is 2.16. The van der Waals surface area contributed by atoms with Gasteiger partial charge in [0.2, 0.25) is 0 Å². The fraction of sp³-hybridized carbons (Fsp3) is 0.375. The van der Waals surface area contributed by atoms with E-state index in [1.165, 1.54) is 16.0 Å². The van der Waals surface area contributed by atoms with E-state index in [0.29, 0.717) is 6.04 Å². The summed E-state index contributed by atoms with van der Waals surface area (Å²) >= 11 is 1.80. The third-order valence-corrected chi connectivity index (χ3v) is 4.59. The van der Waals surface area contributed by atoms with E-state index in [2.05, 4.69) is 29.8 Å². The Hall–Kier alpha value is -1.52. The molecule has 1 aromatic heterocycles. The Morgan fingerprint density at radius 1 is 1.15 bits per heavy atom. The molecule has 0 amide bonds. The van der Waals surface area contributed by atoms with E-state index in [1.54, 1.807) is 25.6 Å². The Kier molecular flexibility index (Phi) is 5.04. The zero-order valence-corrected chi connectivity index (χ0v) is 13.2. The maximum atomic E-state index is 5.36. The number of benzene rings is 1. The maximum Gasteiger partial charge on any atom is 0.160 e. The topological polar surface area (TPSA) is 30.5 Å². The van der Waals surface area contributed by atoms with Crippen LogP contribution < -0.4 is 14.8 Å².